The van der Waals surface area contributed by atoms with E-state index in [9.17, 15) is 37.4 Å². The number of aliphatic hydroxyl groups excluding tert-OH is 2. The van der Waals surface area contributed by atoms with Gasteiger partial charge in [-0.2, -0.15) is 13.2 Å². The Morgan fingerprint density at radius 2 is 2.00 bits per heavy atom. The van der Waals surface area contributed by atoms with E-state index < -0.39 is 53.4 Å². The predicted octanol–water partition coefficient (Wildman–Crippen LogP) is -0.103. The topological polar surface area (TPSA) is 114 Å². The van der Waals surface area contributed by atoms with E-state index in [0.29, 0.717) is 0 Å². The number of alkyl halides is 4. The number of nitrogens with one attached hydrogen (secondary N) is 1. The lowest BCUT2D eigenvalue weighted by molar-refractivity contribution is -0.324. The third kappa shape index (κ3) is 4.08. The van der Waals surface area contributed by atoms with Crippen molar-refractivity contribution in [3.05, 3.63) is 32.6 Å². The van der Waals surface area contributed by atoms with Crippen molar-refractivity contribution >= 4 is 0 Å². The molecule has 1 aliphatic heterocycles. The summed E-state index contributed by atoms with van der Waals surface area (Å²) in [6.45, 7) is 2.51. The molecule has 1 fully saturated rings. The highest BCUT2D eigenvalue weighted by atomic mass is 19.4. The van der Waals surface area contributed by atoms with Gasteiger partial charge in [-0.25, -0.2) is 9.18 Å². The second-order valence-corrected chi connectivity index (χ2v) is 5.93. The Morgan fingerprint density at radius 3 is 2.56 bits per heavy atom. The minimum atomic E-state index is -5.13. The van der Waals surface area contributed by atoms with E-state index in [1.54, 1.807) is 0 Å². The second kappa shape index (κ2) is 6.52. The van der Waals surface area contributed by atoms with Crippen LogP contribution in [0.15, 0.2) is 15.8 Å². The lowest BCUT2D eigenvalue weighted by Crippen LogP contribution is -2.55. The first-order valence-corrected chi connectivity index (χ1v) is 7.08. The van der Waals surface area contributed by atoms with Crippen LogP contribution in [0.3, 0.4) is 0 Å². The number of nitrogens with zero attached hydrogens (tertiary/aromatic N) is 1. The Balaban J connectivity index is 2.38. The van der Waals surface area contributed by atoms with Crippen molar-refractivity contribution in [1.82, 2.24) is 9.55 Å². The van der Waals surface area contributed by atoms with Crippen LogP contribution in [-0.2, 0) is 15.7 Å². The molecule has 0 saturated carbocycles. The van der Waals surface area contributed by atoms with Crippen LogP contribution in [0.25, 0.3) is 0 Å². The number of hydrogen-bond acceptors (Lipinski definition) is 6. The molecule has 8 nitrogen and oxygen atoms in total. The summed E-state index contributed by atoms with van der Waals surface area (Å²) in [5.41, 5.74) is -5.04. The fraction of sp³-hybridized carbons (Fsp3) is 0.692. The van der Waals surface area contributed by atoms with E-state index in [1.165, 1.54) is 18.8 Å². The molecule has 142 valence electrons. The molecule has 1 aliphatic rings. The van der Waals surface area contributed by atoms with Crippen molar-refractivity contribution in [2.75, 3.05) is 6.61 Å². The standard InChI is InChI=1S/C13H16F4N2O6/c1-12(2)24-4-6(20)8(25-12)7(21)9(14)19-3-5(13(15,16)17)10(22)18-11(19)23/h3,6-9,20-21H,4H2,1-2H3,(H,18,22,23)/t6?,7?,8-,9?/m1/s1. The SMILES string of the molecule is CC1(C)OCC(O)[C@H](C(O)C(F)n2cc(C(F)(F)F)c(=O)[nH]c2=O)O1. The maximum Gasteiger partial charge on any atom is 0.423 e. The summed E-state index contributed by atoms with van der Waals surface area (Å²) in [5.74, 6) is -1.29. The van der Waals surface area contributed by atoms with Gasteiger partial charge in [0.2, 0.25) is 6.30 Å². The summed E-state index contributed by atoms with van der Waals surface area (Å²) in [5, 5.41) is 19.8. The van der Waals surface area contributed by atoms with Gasteiger partial charge in [0, 0.05) is 6.20 Å². The fourth-order valence-electron chi connectivity index (χ4n) is 2.31. The van der Waals surface area contributed by atoms with Gasteiger partial charge in [0.25, 0.3) is 5.56 Å². The lowest BCUT2D eigenvalue weighted by atomic mass is 10.1. The third-order valence-corrected chi connectivity index (χ3v) is 3.56. The van der Waals surface area contributed by atoms with Crippen molar-refractivity contribution in [1.29, 1.82) is 0 Å². The summed E-state index contributed by atoms with van der Waals surface area (Å²) in [6, 6.07) is 0. The summed E-state index contributed by atoms with van der Waals surface area (Å²) >= 11 is 0. The van der Waals surface area contributed by atoms with Crippen LogP contribution in [0.2, 0.25) is 0 Å². The smallest absolute Gasteiger partial charge is 0.388 e. The molecule has 1 aromatic rings. The van der Waals surface area contributed by atoms with Crippen LogP contribution in [0.5, 0.6) is 0 Å². The average Bonchev–Trinajstić information content (AvgIpc) is 2.47. The molecule has 1 aromatic heterocycles. The maximum atomic E-state index is 14.5. The summed E-state index contributed by atoms with van der Waals surface area (Å²) < 4.78 is 62.9. The van der Waals surface area contributed by atoms with Gasteiger partial charge in [-0.3, -0.25) is 14.3 Å². The molecular weight excluding hydrogens is 356 g/mol. The molecule has 25 heavy (non-hydrogen) atoms. The minimum absolute atomic E-state index is 0.0358. The minimum Gasteiger partial charge on any atom is -0.388 e. The predicted molar refractivity (Wildman–Crippen MR) is 73.4 cm³/mol. The Labute approximate surface area is 137 Å². The quantitative estimate of drug-likeness (QED) is 0.639. The molecule has 0 aromatic carbocycles. The second-order valence-electron chi connectivity index (χ2n) is 5.93. The van der Waals surface area contributed by atoms with Gasteiger partial charge in [0.05, 0.1) is 6.61 Å². The van der Waals surface area contributed by atoms with Crippen molar-refractivity contribution in [2.45, 2.75) is 50.4 Å². The summed E-state index contributed by atoms with van der Waals surface area (Å²) in [7, 11) is 0. The molecule has 3 unspecified atom stereocenters. The van der Waals surface area contributed by atoms with Gasteiger partial charge in [-0.1, -0.05) is 0 Å². The number of hydrogen-bond donors (Lipinski definition) is 3. The largest absolute Gasteiger partial charge is 0.423 e. The number of H-pyrrole nitrogens is 1. The van der Waals surface area contributed by atoms with Gasteiger partial charge in [-0.05, 0) is 13.8 Å². The van der Waals surface area contributed by atoms with Crippen molar-refractivity contribution in [2.24, 2.45) is 0 Å². The Kier molecular flexibility index (Phi) is 5.10. The molecule has 0 spiro atoms. The van der Waals surface area contributed by atoms with Crippen LogP contribution in [-0.4, -0.2) is 50.5 Å². The highest BCUT2D eigenvalue weighted by molar-refractivity contribution is 5.09. The first-order valence-electron chi connectivity index (χ1n) is 7.08. The van der Waals surface area contributed by atoms with Crippen LogP contribution in [0, 0.1) is 0 Å². The highest BCUT2D eigenvalue weighted by Gasteiger charge is 2.44. The normalized spacial score (nSPS) is 26.2. The lowest BCUT2D eigenvalue weighted by Gasteiger charge is -2.41. The molecule has 2 heterocycles. The van der Waals surface area contributed by atoms with E-state index >= 15 is 0 Å². The molecular formula is C13H16F4N2O6. The first-order chi connectivity index (χ1) is 11.3. The summed E-state index contributed by atoms with van der Waals surface area (Å²) in [4.78, 5) is 24.2. The maximum absolute atomic E-state index is 14.5. The average molecular weight is 372 g/mol. The molecule has 2 rings (SSSR count). The zero-order valence-corrected chi connectivity index (χ0v) is 13.1. The number of aromatic nitrogens is 2. The molecule has 1 saturated heterocycles. The number of ether oxygens (including phenoxy) is 2. The molecule has 0 aliphatic carbocycles. The molecule has 0 radical (unpaired) electrons. The molecule has 12 heteroatoms. The number of halogens is 4. The van der Waals surface area contributed by atoms with Crippen LogP contribution < -0.4 is 11.2 Å². The van der Waals surface area contributed by atoms with Crippen molar-refractivity contribution < 1.29 is 37.2 Å². The van der Waals surface area contributed by atoms with Gasteiger partial charge in [0.15, 0.2) is 5.79 Å². The Hall–Kier alpha value is -1.76. The van der Waals surface area contributed by atoms with Gasteiger partial charge in [0.1, 0.15) is 23.9 Å². The van der Waals surface area contributed by atoms with Crippen LogP contribution in [0.1, 0.15) is 25.7 Å². The van der Waals surface area contributed by atoms with Crippen LogP contribution in [0.4, 0.5) is 17.6 Å². The van der Waals surface area contributed by atoms with Crippen LogP contribution >= 0.6 is 0 Å². The number of aliphatic hydroxyl groups is 2. The van der Waals surface area contributed by atoms with E-state index in [1.807, 2.05) is 0 Å². The highest BCUT2D eigenvalue weighted by Crippen LogP contribution is 2.30. The number of aromatic amines is 1. The summed E-state index contributed by atoms with van der Waals surface area (Å²) in [6.07, 6.45) is -13.2. The third-order valence-electron chi connectivity index (χ3n) is 3.56. The monoisotopic (exact) mass is 372 g/mol. The van der Waals surface area contributed by atoms with Gasteiger partial charge >= 0.3 is 11.9 Å². The molecule has 0 bridgehead atoms. The fourth-order valence-corrected chi connectivity index (χ4v) is 2.31. The van der Waals surface area contributed by atoms with Crippen molar-refractivity contribution in [3.63, 3.8) is 0 Å². The molecule has 3 N–H and O–H groups in total. The molecule has 0 amide bonds. The Bertz CT molecular complexity index is 743. The van der Waals surface area contributed by atoms with E-state index in [0.717, 1.165) is 0 Å². The van der Waals surface area contributed by atoms with E-state index in [-0.39, 0.29) is 17.4 Å². The zero-order chi connectivity index (χ0) is 19.2. The van der Waals surface area contributed by atoms with Gasteiger partial charge in [-0.15, -0.1) is 0 Å². The Morgan fingerprint density at radius 1 is 1.40 bits per heavy atom. The number of rotatable bonds is 3. The van der Waals surface area contributed by atoms with Crippen molar-refractivity contribution in [3.8, 4) is 0 Å². The first kappa shape index (κ1) is 19.6. The molecule has 4 atom stereocenters. The zero-order valence-electron chi connectivity index (χ0n) is 13.1. The van der Waals surface area contributed by atoms with E-state index in [4.69, 9.17) is 9.47 Å². The van der Waals surface area contributed by atoms with E-state index in [2.05, 4.69) is 0 Å². The van der Waals surface area contributed by atoms with Gasteiger partial charge < -0.3 is 19.7 Å².